The van der Waals surface area contributed by atoms with E-state index in [-0.39, 0.29) is 10.8 Å². The lowest BCUT2D eigenvalue weighted by Crippen LogP contribution is -2.17. The van der Waals surface area contributed by atoms with E-state index in [0.717, 1.165) is 17.7 Å². The maximum atomic E-state index is 7.06. The quantitative estimate of drug-likeness (QED) is 0.372. The first-order chi connectivity index (χ1) is 14.5. The zero-order valence-corrected chi connectivity index (χ0v) is 17.4. The van der Waals surface area contributed by atoms with Gasteiger partial charge in [-0.25, -0.2) is 0 Å². The van der Waals surface area contributed by atoms with Gasteiger partial charge in [0.2, 0.25) is 0 Å². The summed E-state index contributed by atoms with van der Waals surface area (Å²) in [5.41, 5.74) is 13.1. The standard InChI is InChI=1S/C29H25N/c1-28-17-16-24(23-13-7-10-19-8-3-5-11-21(19)23)27(30)26-22-12-6-4-9-20(22)14-15-25(26)29(28,2)18-28/h3-17H,18,30H2,1-2H3/b17-16-,27-24+/t28-,29?/m0/s1. The van der Waals surface area contributed by atoms with E-state index in [1.54, 1.807) is 0 Å². The lowest BCUT2D eigenvalue weighted by atomic mass is 9.79. The Morgan fingerprint density at radius 3 is 2.20 bits per heavy atom. The largest absolute Gasteiger partial charge is 0.398 e. The van der Waals surface area contributed by atoms with Gasteiger partial charge in [0.05, 0.1) is 0 Å². The molecule has 4 aromatic rings. The number of allylic oxidation sites excluding steroid dienone is 3. The first-order valence-electron chi connectivity index (χ1n) is 10.7. The molecule has 1 heteroatoms. The minimum absolute atomic E-state index is 0.123. The predicted octanol–water partition coefficient (Wildman–Crippen LogP) is 7.06. The van der Waals surface area contributed by atoms with Crippen LogP contribution in [-0.4, -0.2) is 0 Å². The van der Waals surface area contributed by atoms with E-state index in [9.17, 15) is 0 Å². The fourth-order valence-electron chi connectivity index (χ4n) is 5.54. The number of rotatable bonds is 1. The molecule has 0 aliphatic heterocycles. The predicted molar refractivity (Wildman–Crippen MR) is 128 cm³/mol. The highest BCUT2D eigenvalue weighted by molar-refractivity contribution is 6.08. The van der Waals surface area contributed by atoms with Gasteiger partial charge < -0.3 is 5.73 Å². The zero-order valence-electron chi connectivity index (χ0n) is 17.4. The summed E-state index contributed by atoms with van der Waals surface area (Å²) < 4.78 is 0. The number of nitrogens with two attached hydrogens (primary N) is 1. The van der Waals surface area contributed by atoms with Crippen LogP contribution in [-0.2, 0) is 5.41 Å². The van der Waals surface area contributed by atoms with Crippen molar-refractivity contribution in [3.63, 3.8) is 0 Å². The normalized spacial score (nSPS) is 28.5. The maximum Gasteiger partial charge on any atom is 0.0476 e. The van der Waals surface area contributed by atoms with Crippen LogP contribution in [0.2, 0.25) is 0 Å². The van der Waals surface area contributed by atoms with Crippen LogP contribution in [0.25, 0.3) is 32.8 Å². The van der Waals surface area contributed by atoms with Crippen LogP contribution in [0, 0.1) is 5.41 Å². The molecule has 0 aromatic heterocycles. The van der Waals surface area contributed by atoms with Crippen molar-refractivity contribution in [2.24, 2.45) is 11.1 Å². The zero-order chi connectivity index (χ0) is 20.5. The molecule has 1 fully saturated rings. The second kappa shape index (κ2) is 5.86. The lowest BCUT2D eigenvalue weighted by Gasteiger charge is -2.26. The van der Waals surface area contributed by atoms with Gasteiger partial charge in [-0.15, -0.1) is 0 Å². The van der Waals surface area contributed by atoms with Crippen molar-refractivity contribution in [2.75, 3.05) is 0 Å². The lowest BCUT2D eigenvalue weighted by molar-refractivity contribution is 0.587. The molecule has 1 saturated carbocycles. The molecule has 146 valence electrons. The molecule has 2 N–H and O–H groups in total. The third-order valence-electron chi connectivity index (χ3n) is 7.64. The van der Waals surface area contributed by atoms with Gasteiger partial charge >= 0.3 is 0 Å². The van der Waals surface area contributed by atoms with Crippen molar-refractivity contribution in [2.45, 2.75) is 25.7 Å². The molecule has 4 aromatic carbocycles. The summed E-state index contributed by atoms with van der Waals surface area (Å²) in [6.45, 7) is 4.77. The minimum Gasteiger partial charge on any atom is -0.398 e. The minimum atomic E-state index is 0.123. The highest BCUT2D eigenvalue weighted by Gasteiger charge is 2.61. The maximum absolute atomic E-state index is 7.06. The van der Waals surface area contributed by atoms with Gasteiger partial charge in [-0.1, -0.05) is 105 Å². The van der Waals surface area contributed by atoms with E-state index in [2.05, 4.69) is 105 Å². The van der Waals surface area contributed by atoms with Crippen LogP contribution in [0.4, 0.5) is 0 Å². The van der Waals surface area contributed by atoms with Crippen molar-refractivity contribution in [3.05, 3.63) is 108 Å². The van der Waals surface area contributed by atoms with Gasteiger partial charge in [0.25, 0.3) is 0 Å². The molecule has 2 aliphatic carbocycles. The Balaban J connectivity index is 1.75. The summed E-state index contributed by atoms with van der Waals surface area (Å²) in [4.78, 5) is 0. The number of benzene rings is 4. The molecule has 0 saturated heterocycles. The topological polar surface area (TPSA) is 26.0 Å². The molecule has 2 aliphatic rings. The van der Waals surface area contributed by atoms with Gasteiger partial charge in [-0.3, -0.25) is 0 Å². The molecule has 0 amide bonds. The summed E-state index contributed by atoms with van der Waals surface area (Å²) >= 11 is 0. The molecule has 30 heavy (non-hydrogen) atoms. The molecule has 0 heterocycles. The molecule has 0 bridgehead atoms. The van der Waals surface area contributed by atoms with Gasteiger partial charge in [0.1, 0.15) is 0 Å². The SMILES string of the molecule is CC12C[C@]1(C)/C=C\C(c1cccc3ccccc13)=C(/N)c1c2ccc2ccccc12. The van der Waals surface area contributed by atoms with Crippen molar-refractivity contribution in [1.29, 1.82) is 0 Å². The van der Waals surface area contributed by atoms with E-state index in [4.69, 9.17) is 5.73 Å². The highest BCUT2D eigenvalue weighted by Crippen LogP contribution is 2.67. The first kappa shape index (κ1) is 17.5. The van der Waals surface area contributed by atoms with Crippen molar-refractivity contribution in [3.8, 4) is 0 Å². The summed E-state index contributed by atoms with van der Waals surface area (Å²) in [7, 11) is 0. The number of hydrogen-bond donors (Lipinski definition) is 1. The van der Waals surface area contributed by atoms with Gasteiger partial charge in [0, 0.05) is 22.2 Å². The van der Waals surface area contributed by atoms with Gasteiger partial charge in [0.15, 0.2) is 0 Å². The Labute approximate surface area is 177 Å². The highest BCUT2D eigenvalue weighted by atomic mass is 14.7. The van der Waals surface area contributed by atoms with Crippen LogP contribution in [0.5, 0.6) is 0 Å². The summed E-state index contributed by atoms with van der Waals surface area (Å²) in [5.74, 6) is 0. The number of fused-ring (bicyclic) bond motifs is 6. The van der Waals surface area contributed by atoms with Crippen LogP contribution in [0.15, 0.2) is 91.0 Å². The summed E-state index contributed by atoms with van der Waals surface area (Å²) in [5, 5.41) is 4.98. The Morgan fingerprint density at radius 2 is 1.40 bits per heavy atom. The van der Waals surface area contributed by atoms with Crippen molar-refractivity contribution >= 4 is 32.8 Å². The second-order valence-electron chi connectivity index (χ2n) is 9.32. The van der Waals surface area contributed by atoms with Crippen molar-refractivity contribution < 1.29 is 0 Å². The molecule has 0 radical (unpaired) electrons. The Kier molecular flexibility index (Phi) is 3.42. The van der Waals surface area contributed by atoms with E-state index < -0.39 is 0 Å². The van der Waals surface area contributed by atoms with Gasteiger partial charge in [-0.05, 0) is 44.5 Å². The Morgan fingerprint density at radius 1 is 0.733 bits per heavy atom. The van der Waals surface area contributed by atoms with Crippen LogP contribution < -0.4 is 5.73 Å². The number of hydrogen-bond acceptors (Lipinski definition) is 1. The van der Waals surface area contributed by atoms with E-state index in [0.29, 0.717) is 0 Å². The van der Waals surface area contributed by atoms with Gasteiger partial charge in [-0.2, -0.15) is 0 Å². The Bertz CT molecular complexity index is 1400. The smallest absolute Gasteiger partial charge is 0.0476 e. The third kappa shape index (κ3) is 2.24. The second-order valence-corrected chi connectivity index (χ2v) is 9.32. The molecule has 0 spiro atoms. The molecule has 6 rings (SSSR count). The monoisotopic (exact) mass is 387 g/mol. The fraction of sp³-hybridized carbons (Fsp3) is 0.172. The average molecular weight is 388 g/mol. The molecule has 1 unspecified atom stereocenters. The van der Waals surface area contributed by atoms with E-state index >= 15 is 0 Å². The summed E-state index contributed by atoms with van der Waals surface area (Å²) in [6, 6.07) is 28.3. The molecule has 2 atom stereocenters. The van der Waals surface area contributed by atoms with Crippen LogP contribution >= 0.6 is 0 Å². The molecular weight excluding hydrogens is 362 g/mol. The molecular formula is C29H25N. The van der Waals surface area contributed by atoms with Crippen LogP contribution in [0.3, 0.4) is 0 Å². The summed E-state index contributed by atoms with van der Waals surface area (Å²) in [6.07, 6.45) is 5.83. The van der Waals surface area contributed by atoms with Crippen LogP contribution in [0.1, 0.15) is 37.0 Å². The van der Waals surface area contributed by atoms with E-state index in [1.807, 2.05) is 0 Å². The van der Waals surface area contributed by atoms with E-state index in [1.165, 1.54) is 38.2 Å². The Hall–Kier alpha value is -3.32. The average Bonchev–Trinajstić information content (AvgIpc) is 3.33. The fourth-order valence-corrected chi connectivity index (χ4v) is 5.54. The molecule has 1 nitrogen and oxygen atoms in total. The van der Waals surface area contributed by atoms with Crippen molar-refractivity contribution in [1.82, 2.24) is 0 Å². The third-order valence-corrected chi connectivity index (χ3v) is 7.64. The first-order valence-corrected chi connectivity index (χ1v) is 10.7.